The summed E-state index contributed by atoms with van der Waals surface area (Å²) in [6.07, 6.45) is 3.04. The molecular weight excluding hydrogens is 417 g/mol. The molecule has 0 bridgehead atoms. The van der Waals surface area contributed by atoms with Crippen molar-refractivity contribution in [3.63, 3.8) is 0 Å². The average Bonchev–Trinajstić information content (AvgIpc) is 3.27. The molecule has 2 aromatic carbocycles. The van der Waals surface area contributed by atoms with Crippen LogP contribution in [0.1, 0.15) is 40.5 Å². The van der Waals surface area contributed by atoms with Gasteiger partial charge in [-0.1, -0.05) is 18.2 Å². The number of hydrogen-bond acceptors (Lipinski definition) is 4. The van der Waals surface area contributed by atoms with E-state index in [1.54, 1.807) is 37.4 Å². The van der Waals surface area contributed by atoms with Crippen molar-refractivity contribution in [1.29, 1.82) is 0 Å². The Hall–Kier alpha value is -3.10. The number of aryl methyl sites for hydroxylation is 1. The van der Waals surface area contributed by atoms with Crippen LogP contribution in [0.15, 0.2) is 65.7 Å². The lowest BCUT2D eigenvalue weighted by molar-refractivity contribution is 0.100. The molecule has 160 valence electrons. The largest absolute Gasteiger partial charge is 0.366 e. The number of sulfonamides is 1. The van der Waals surface area contributed by atoms with E-state index in [4.69, 9.17) is 5.73 Å². The Bertz CT molecular complexity index is 1240. The first-order valence-corrected chi connectivity index (χ1v) is 11.4. The highest BCUT2D eigenvalue weighted by Gasteiger charge is 2.37. The number of pyridine rings is 1. The Morgan fingerprint density at radius 1 is 1.13 bits per heavy atom. The summed E-state index contributed by atoms with van der Waals surface area (Å²) >= 11 is 0. The van der Waals surface area contributed by atoms with Gasteiger partial charge in [-0.25, -0.2) is 12.8 Å². The van der Waals surface area contributed by atoms with E-state index in [9.17, 15) is 17.6 Å². The Balaban J connectivity index is 1.62. The number of aromatic nitrogens is 1. The predicted octanol–water partition coefficient (Wildman–Crippen LogP) is 3.82. The van der Waals surface area contributed by atoms with Crippen molar-refractivity contribution < 1.29 is 17.6 Å². The van der Waals surface area contributed by atoms with Crippen LogP contribution in [0.3, 0.4) is 0 Å². The highest BCUT2D eigenvalue weighted by atomic mass is 32.2. The summed E-state index contributed by atoms with van der Waals surface area (Å²) in [5.41, 5.74) is 8.29. The van der Waals surface area contributed by atoms with Crippen molar-refractivity contribution in [2.45, 2.75) is 30.7 Å². The van der Waals surface area contributed by atoms with Crippen LogP contribution in [0.25, 0.3) is 11.1 Å². The molecule has 1 aromatic heterocycles. The maximum absolute atomic E-state index is 13.6. The first kappa shape index (κ1) is 21.1. The van der Waals surface area contributed by atoms with Gasteiger partial charge in [-0.3, -0.25) is 9.78 Å². The Morgan fingerprint density at radius 2 is 1.94 bits per heavy atom. The zero-order valence-corrected chi connectivity index (χ0v) is 17.8. The van der Waals surface area contributed by atoms with E-state index in [0.717, 1.165) is 11.1 Å². The molecule has 1 atom stereocenters. The molecule has 0 aliphatic carbocycles. The van der Waals surface area contributed by atoms with Crippen LogP contribution in [0.4, 0.5) is 4.39 Å². The minimum Gasteiger partial charge on any atom is -0.366 e. The van der Waals surface area contributed by atoms with Gasteiger partial charge in [0.2, 0.25) is 15.9 Å². The van der Waals surface area contributed by atoms with Crippen molar-refractivity contribution in [2.24, 2.45) is 5.73 Å². The molecule has 8 heteroatoms. The molecule has 1 aliphatic rings. The van der Waals surface area contributed by atoms with Crippen molar-refractivity contribution in [3.8, 4) is 11.1 Å². The van der Waals surface area contributed by atoms with Crippen molar-refractivity contribution in [2.75, 3.05) is 6.54 Å². The van der Waals surface area contributed by atoms with E-state index in [1.165, 1.54) is 22.5 Å². The van der Waals surface area contributed by atoms with Crippen LogP contribution >= 0.6 is 0 Å². The van der Waals surface area contributed by atoms with E-state index in [0.29, 0.717) is 30.6 Å². The summed E-state index contributed by atoms with van der Waals surface area (Å²) < 4.78 is 41.5. The molecule has 3 aromatic rings. The van der Waals surface area contributed by atoms with Gasteiger partial charge in [-0.05, 0) is 67.3 Å². The fourth-order valence-corrected chi connectivity index (χ4v) is 5.62. The van der Waals surface area contributed by atoms with Gasteiger partial charge in [0, 0.05) is 23.9 Å². The molecule has 4 rings (SSSR count). The molecule has 0 saturated carbocycles. The third-order valence-corrected chi connectivity index (χ3v) is 7.45. The van der Waals surface area contributed by atoms with Crippen LogP contribution < -0.4 is 5.73 Å². The number of primary amides is 1. The van der Waals surface area contributed by atoms with E-state index < -0.39 is 21.7 Å². The quantitative estimate of drug-likeness (QED) is 0.654. The number of carbonyl (C=O) groups is 1. The first-order valence-electron chi connectivity index (χ1n) is 9.91. The number of carbonyl (C=O) groups excluding carboxylic acids is 1. The number of hydrogen-bond donors (Lipinski definition) is 1. The molecule has 1 fully saturated rings. The normalized spacial score (nSPS) is 17.0. The van der Waals surface area contributed by atoms with Gasteiger partial charge >= 0.3 is 0 Å². The van der Waals surface area contributed by atoms with Gasteiger partial charge in [0.1, 0.15) is 5.82 Å². The second-order valence-corrected chi connectivity index (χ2v) is 9.49. The fraction of sp³-hybridized carbons (Fsp3) is 0.217. The SMILES string of the molecule is Cc1cc(S(=O)(=O)N2CCCC2c2ccc(-c3cccc(C(N)=O)c3)cn2)ccc1F. The highest BCUT2D eigenvalue weighted by molar-refractivity contribution is 7.89. The van der Waals surface area contributed by atoms with Gasteiger partial charge in [0.05, 0.1) is 16.6 Å². The minimum absolute atomic E-state index is 0.0817. The molecule has 1 amide bonds. The van der Waals surface area contributed by atoms with Crippen molar-refractivity contribution in [1.82, 2.24) is 9.29 Å². The molecule has 0 spiro atoms. The van der Waals surface area contributed by atoms with Crippen molar-refractivity contribution in [3.05, 3.63) is 83.4 Å². The average molecular weight is 440 g/mol. The van der Waals surface area contributed by atoms with Gasteiger partial charge in [0.25, 0.3) is 0 Å². The summed E-state index contributed by atoms with van der Waals surface area (Å²) in [5.74, 6) is -0.941. The highest BCUT2D eigenvalue weighted by Crippen LogP contribution is 2.36. The smallest absolute Gasteiger partial charge is 0.248 e. The van der Waals surface area contributed by atoms with Crippen LogP contribution in [0.2, 0.25) is 0 Å². The fourth-order valence-electron chi connectivity index (χ4n) is 3.86. The van der Waals surface area contributed by atoms with Gasteiger partial charge in [0.15, 0.2) is 0 Å². The maximum atomic E-state index is 13.6. The summed E-state index contributed by atoms with van der Waals surface area (Å²) in [6, 6.07) is 14.1. The molecule has 2 N–H and O–H groups in total. The third-order valence-electron chi connectivity index (χ3n) is 5.55. The van der Waals surface area contributed by atoms with E-state index in [1.807, 2.05) is 12.1 Å². The van der Waals surface area contributed by atoms with E-state index >= 15 is 0 Å². The molecule has 6 nitrogen and oxygen atoms in total. The Labute approximate surface area is 180 Å². The number of nitrogens with zero attached hydrogens (tertiary/aromatic N) is 2. The summed E-state index contributed by atoms with van der Waals surface area (Å²) in [7, 11) is -3.78. The van der Waals surface area contributed by atoms with Crippen molar-refractivity contribution >= 4 is 15.9 Å². The topological polar surface area (TPSA) is 93.4 Å². The lowest BCUT2D eigenvalue weighted by Gasteiger charge is -2.24. The molecule has 2 heterocycles. The zero-order chi connectivity index (χ0) is 22.2. The minimum atomic E-state index is -3.78. The van der Waals surface area contributed by atoms with Gasteiger partial charge in [-0.2, -0.15) is 4.31 Å². The van der Waals surface area contributed by atoms with E-state index in [2.05, 4.69) is 4.98 Å². The van der Waals surface area contributed by atoms with E-state index in [-0.39, 0.29) is 16.5 Å². The monoisotopic (exact) mass is 439 g/mol. The predicted molar refractivity (Wildman–Crippen MR) is 115 cm³/mol. The number of halogens is 1. The third kappa shape index (κ3) is 4.08. The lowest BCUT2D eigenvalue weighted by atomic mass is 10.0. The molecule has 0 radical (unpaired) electrons. The Kier molecular flexibility index (Phi) is 5.60. The second-order valence-electron chi connectivity index (χ2n) is 7.60. The molecule has 31 heavy (non-hydrogen) atoms. The lowest BCUT2D eigenvalue weighted by Crippen LogP contribution is -2.31. The standard InChI is InChI=1S/C23H22FN3O3S/c1-15-12-19(8-9-20(15)24)31(29,30)27-11-3-6-22(27)21-10-7-18(14-26-21)16-4-2-5-17(13-16)23(25)28/h2,4-5,7-10,12-14,22H,3,6,11H2,1H3,(H2,25,28). The van der Waals surface area contributed by atoms with Crippen LogP contribution in [-0.4, -0.2) is 30.2 Å². The molecular formula is C23H22FN3O3S. The molecule has 1 saturated heterocycles. The summed E-state index contributed by atoms with van der Waals surface area (Å²) in [6.45, 7) is 1.93. The Morgan fingerprint density at radius 3 is 2.61 bits per heavy atom. The number of nitrogens with two attached hydrogens (primary N) is 1. The second kappa shape index (κ2) is 8.20. The maximum Gasteiger partial charge on any atom is 0.248 e. The summed E-state index contributed by atoms with van der Waals surface area (Å²) in [5, 5.41) is 0. The number of rotatable bonds is 5. The van der Waals surface area contributed by atoms with Crippen LogP contribution in [0.5, 0.6) is 0 Å². The number of amides is 1. The summed E-state index contributed by atoms with van der Waals surface area (Å²) in [4.78, 5) is 16.0. The molecule has 1 aliphatic heterocycles. The zero-order valence-electron chi connectivity index (χ0n) is 17.0. The number of benzene rings is 2. The van der Waals surface area contributed by atoms with Gasteiger partial charge in [-0.15, -0.1) is 0 Å². The molecule has 1 unspecified atom stereocenters. The van der Waals surface area contributed by atoms with Crippen LogP contribution in [-0.2, 0) is 10.0 Å². The first-order chi connectivity index (χ1) is 14.8. The van der Waals surface area contributed by atoms with Gasteiger partial charge < -0.3 is 5.73 Å². The van der Waals surface area contributed by atoms with Crippen LogP contribution in [0, 0.1) is 12.7 Å².